The zero-order chi connectivity index (χ0) is 15.7. The van der Waals surface area contributed by atoms with Crippen molar-refractivity contribution in [1.82, 2.24) is 10.3 Å². The van der Waals surface area contributed by atoms with Gasteiger partial charge in [0, 0.05) is 12.4 Å². The average Bonchev–Trinajstić information content (AvgIpc) is 2.40. The lowest BCUT2D eigenvalue weighted by Crippen LogP contribution is -2.34. The zero-order valence-corrected chi connectivity index (χ0v) is 12.8. The van der Waals surface area contributed by atoms with Crippen molar-refractivity contribution in [1.29, 1.82) is 0 Å². The quantitative estimate of drug-likeness (QED) is 0.903. The van der Waals surface area contributed by atoms with Crippen LogP contribution in [0.3, 0.4) is 0 Å². The van der Waals surface area contributed by atoms with Crippen LogP contribution in [0.1, 0.15) is 50.2 Å². The molecule has 1 heterocycles. The van der Waals surface area contributed by atoms with Crippen molar-refractivity contribution < 1.29 is 13.2 Å². The van der Waals surface area contributed by atoms with Gasteiger partial charge in [-0.1, -0.05) is 13.8 Å². The summed E-state index contributed by atoms with van der Waals surface area (Å²) in [5.74, 6) is 0.139. The highest BCUT2D eigenvalue weighted by Gasteiger charge is 2.41. The number of hydrogen-bond donors (Lipinski definition) is 1. The highest BCUT2D eigenvalue weighted by molar-refractivity contribution is 5.31. The molecular weight excluding hydrogens is 277 g/mol. The molecule has 1 aliphatic rings. The first-order valence-corrected chi connectivity index (χ1v) is 7.40. The first-order chi connectivity index (χ1) is 9.74. The Morgan fingerprint density at radius 2 is 2.10 bits per heavy atom. The lowest BCUT2D eigenvalue weighted by atomic mass is 9.64. The van der Waals surface area contributed by atoms with Gasteiger partial charge in [-0.25, -0.2) is 0 Å². The van der Waals surface area contributed by atoms with E-state index in [9.17, 15) is 13.2 Å². The van der Waals surface area contributed by atoms with E-state index in [1.807, 2.05) is 7.05 Å². The van der Waals surface area contributed by atoms with E-state index in [-0.39, 0.29) is 17.3 Å². The molecule has 0 amide bonds. The molecule has 0 aromatic carbocycles. The maximum atomic E-state index is 13.3. The van der Waals surface area contributed by atoms with Crippen molar-refractivity contribution in [3.63, 3.8) is 0 Å². The van der Waals surface area contributed by atoms with Crippen molar-refractivity contribution in [2.75, 3.05) is 13.6 Å². The van der Waals surface area contributed by atoms with Crippen molar-refractivity contribution in [2.24, 2.45) is 11.3 Å². The van der Waals surface area contributed by atoms with Gasteiger partial charge in [0.15, 0.2) is 0 Å². The van der Waals surface area contributed by atoms with Gasteiger partial charge in [0.1, 0.15) is 0 Å². The second kappa shape index (κ2) is 5.95. The van der Waals surface area contributed by atoms with E-state index in [2.05, 4.69) is 24.1 Å². The number of pyridine rings is 1. The topological polar surface area (TPSA) is 24.9 Å². The summed E-state index contributed by atoms with van der Waals surface area (Å²) in [6, 6.07) is 1.10. The third kappa shape index (κ3) is 3.76. The van der Waals surface area contributed by atoms with E-state index in [4.69, 9.17) is 0 Å². The molecule has 5 heteroatoms. The molecule has 0 radical (unpaired) electrons. The van der Waals surface area contributed by atoms with Gasteiger partial charge in [-0.3, -0.25) is 4.98 Å². The van der Waals surface area contributed by atoms with Gasteiger partial charge in [-0.2, -0.15) is 13.2 Å². The van der Waals surface area contributed by atoms with E-state index in [0.717, 1.165) is 31.9 Å². The molecule has 2 unspecified atom stereocenters. The molecule has 2 rings (SSSR count). The summed E-state index contributed by atoms with van der Waals surface area (Å²) >= 11 is 0. The van der Waals surface area contributed by atoms with Crippen LogP contribution in [-0.2, 0) is 6.18 Å². The average molecular weight is 300 g/mol. The largest absolute Gasteiger partial charge is 0.416 e. The number of aromatic nitrogens is 1. The predicted octanol–water partition coefficient (Wildman–Crippen LogP) is 4.23. The van der Waals surface area contributed by atoms with Crippen LogP contribution < -0.4 is 5.32 Å². The van der Waals surface area contributed by atoms with Crippen LogP contribution in [0.25, 0.3) is 0 Å². The van der Waals surface area contributed by atoms with E-state index in [1.54, 1.807) is 0 Å². The maximum absolute atomic E-state index is 13.3. The summed E-state index contributed by atoms with van der Waals surface area (Å²) in [5, 5.41) is 3.12. The van der Waals surface area contributed by atoms with Crippen LogP contribution in [0, 0.1) is 11.3 Å². The molecule has 0 aliphatic heterocycles. The second-order valence-electron chi connectivity index (χ2n) is 6.79. The fourth-order valence-electron chi connectivity index (χ4n) is 3.47. The number of nitrogens with zero attached hydrogens (tertiary/aromatic N) is 1. The molecular formula is C16H23F3N2. The fraction of sp³-hybridized carbons (Fsp3) is 0.688. The molecule has 1 saturated carbocycles. The third-order valence-electron chi connectivity index (χ3n) is 4.56. The monoisotopic (exact) mass is 300 g/mol. The smallest absolute Gasteiger partial charge is 0.319 e. The molecule has 0 spiro atoms. The second-order valence-corrected chi connectivity index (χ2v) is 6.79. The number of rotatable bonds is 3. The van der Waals surface area contributed by atoms with Gasteiger partial charge >= 0.3 is 6.18 Å². The molecule has 118 valence electrons. The molecule has 1 N–H and O–H groups in total. The van der Waals surface area contributed by atoms with Crippen LogP contribution in [0.2, 0.25) is 0 Å². The molecule has 1 fully saturated rings. The molecule has 0 bridgehead atoms. The Hall–Kier alpha value is -1.10. The fourth-order valence-corrected chi connectivity index (χ4v) is 3.47. The molecule has 1 aromatic heterocycles. The molecule has 1 aliphatic carbocycles. The van der Waals surface area contributed by atoms with Gasteiger partial charge in [0.25, 0.3) is 0 Å². The van der Waals surface area contributed by atoms with Crippen LogP contribution in [0.4, 0.5) is 13.2 Å². The van der Waals surface area contributed by atoms with Gasteiger partial charge in [0.2, 0.25) is 0 Å². The van der Waals surface area contributed by atoms with Gasteiger partial charge in [-0.15, -0.1) is 0 Å². The van der Waals surface area contributed by atoms with Crippen molar-refractivity contribution >= 4 is 0 Å². The standard InChI is InChI=1S/C16H23F3N2/c1-15(2)6-4-11(9-20-3)12(8-15)13-10-21-7-5-14(13)16(17,18)19/h5,7,10-12,20H,4,6,8-9H2,1-3H3. The maximum Gasteiger partial charge on any atom is 0.416 e. The van der Waals surface area contributed by atoms with Gasteiger partial charge < -0.3 is 5.32 Å². The van der Waals surface area contributed by atoms with E-state index < -0.39 is 11.7 Å². The molecule has 2 atom stereocenters. The predicted molar refractivity (Wildman–Crippen MR) is 77.0 cm³/mol. The number of alkyl halides is 3. The first kappa shape index (κ1) is 16.3. The normalized spacial score (nSPS) is 25.8. The van der Waals surface area contributed by atoms with Crippen molar-refractivity contribution in [3.8, 4) is 0 Å². The Morgan fingerprint density at radius 3 is 2.71 bits per heavy atom. The Bertz CT molecular complexity index is 483. The van der Waals surface area contributed by atoms with E-state index in [1.165, 1.54) is 12.4 Å². The first-order valence-electron chi connectivity index (χ1n) is 7.40. The Kier molecular flexibility index (Phi) is 4.61. The summed E-state index contributed by atoms with van der Waals surface area (Å²) in [7, 11) is 1.85. The van der Waals surface area contributed by atoms with Crippen molar-refractivity contribution in [2.45, 2.75) is 45.2 Å². The zero-order valence-electron chi connectivity index (χ0n) is 12.8. The van der Waals surface area contributed by atoms with Crippen LogP contribution in [-0.4, -0.2) is 18.6 Å². The summed E-state index contributed by atoms with van der Waals surface area (Å²) in [5.41, 5.74) is -0.0903. The minimum Gasteiger partial charge on any atom is -0.319 e. The molecule has 21 heavy (non-hydrogen) atoms. The van der Waals surface area contributed by atoms with E-state index in [0.29, 0.717) is 5.56 Å². The molecule has 2 nitrogen and oxygen atoms in total. The number of nitrogens with one attached hydrogen (secondary N) is 1. The number of halogens is 3. The minimum absolute atomic E-state index is 0.0770. The third-order valence-corrected chi connectivity index (χ3v) is 4.56. The minimum atomic E-state index is -4.32. The Balaban J connectivity index is 2.41. The van der Waals surface area contributed by atoms with Crippen LogP contribution >= 0.6 is 0 Å². The van der Waals surface area contributed by atoms with E-state index >= 15 is 0 Å². The number of hydrogen-bond acceptors (Lipinski definition) is 2. The van der Waals surface area contributed by atoms with Crippen LogP contribution in [0.5, 0.6) is 0 Å². The summed E-state index contributed by atoms with van der Waals surface area (Å²) in [6.45, 7) is 5.02. The lowest BCUT2D eigenvalue weighted by Gasteiger charge is -2.41. The van der Waals surface area contributed by atoms with Gasteiger partial charge in [0.05, 0.1) is 5.56 Å². The lowest BCUT2D eigenvalue weighted by molar-refractivity contribution is -0.138. The summed E-state index contributed by atoms with van der Waals surface area (Å²) in [6.07, 6.45) is 1.10. The highest BCUT2D eigenvalue weighted by atomic mass is 19.4. The van der Waals surface area contributed by atoms with Crippen molar-refractivity contribution in [3.05, 3.63) is 29.6 Å². The Labute approximate surface area is 124 Å². The Morgan fingerprint density at radius 1 is 1.38 bits per heavy atom. The molecule has 0 saturated heterocycles. The summed E-state index contributed by atoms with van der Waals surface area (Å²) < 4.78 is 39.8. The molecule has 1 aromatic rings. The van der Waals surface area contributed by atoms with Gasteiger partial charge in [-0.05, 0) is 61.7 Å². The SMILES string of the molecule is CNCC1CCC(C)(C)CC1c1cnccc1C(F)(F)F. The highest BCUT2D eigenvalue weighted by Crippen LogP contribution is 2.48. The van der Waals surface area contributed by atoms with Crippen LogP contribution in [0.15, 0.2) is 18.5 Å². The summed E-state index contributed by atoms with van der Waals surface area (Å²) in [4.78, 5) is 3.96.